The summed E-state index contributed by atoms with van der Waals surface area (Å²) < 4.78 is 36.1. The first kappa shape index (κ1) is 11.0. The molecule has 6 heteroatoms. The summed E-state index contributed by atoms with van der Waals surface area (Å²) in [7, 11) is 0. The highest BCUT2D eigenvalue weighted by molar-refractivity contribution is 5.25. The molecule has 0 bridgehead atoms. The van der Waals surface area contributed by atoms with Crippen molar-refractivity contribution in [1.29, 1.82) is 0 Å². The molecule has 0 radical (unpaired) electrons. The van der Waals surface area contributed by atoms with Gasteiger partial charge in [-0.05, 0) is 12.1 Å². The lowest BCUT2D eigenvalue weighted by Gasteiger charge is -2.15. The first-order valence-electron chi connectivity index (χ1n) is 3.56. The Labute approximate surface area is 77.0 Å². The predicted molar refractivity (Wildman–Crippen MR) is 39.8 cm³/mol. The highest BCUT2D eigenvalue weighted by Gasteiger charge is 2.31. The summed E-state index contributed by atoms with van der Waals surface area (Å²) in [5.41, 5.74) is -1.35. The number of halogens is 3. The Morgan fingerprint density at radius 1 is 0.786 bits per heavy atom. The molecule has 78 valence electrons. The molecule has 0 aromatic heterocycles. The lowest BCUT2D eigenvalue weighted by atomic mass is 10.1. The van der Waals surface area contributed by atoms with E-state index in [-0.39, 0.29) is 0 Å². The van der Waals surface area contributed by atoms with E-state index >= 15 is 0 Å². The van der Waals surface area contributed by atoms with E-state index in [0.29, 0.717) is 12.1 Å². The molecule has 1 rings (SSSR count). The van der Waals surface area contributed by atoms with Gasteiger partial charge in [-0.2, -0.15) is 13.2 Å². The van der Waals surface area contributed by atoms with Crippen molar-refractivity contribution in [3.05, 3.63) is 35.4 Å². The van der Waals surface area contributed by atoms with Crippen LogP contribution in [-0.2, 0) is 12.1 Å². The van der Waals surface area contributed by atoms with Gasteiger partial charge in [0.05, 0.1) is 5.56 Å². The average Bonchev–Trinajstić information content (AvgIpc) is 2.01. The molecule has 0 heterocycles. The largest absolute Gasteiger partial charge is 0.416 e. The molecule has 0 amide bonds. The Balaban J connectivity index is 3.02. The number of alkyl halides is 3. The van der Waals surface area contributed by atoms with Gasteiger partial charge in [0, 0.05) is 5.56 Å². The first-order chi connectivity index (χ1) is 6.21. The predicted octanol–water partition coefficient (Wildman–Crippen LogP) is 0.793. The van der Waals surface area contributed by atoms with Crippen LogP contribution in [0.1, 0.15) is 11.1 Å². The van der Waals surface area contributed by atoms with Crippen molar-refractivity contribution in [1.82, 2.24) is 0 Å². The smallest absolute Gasteiger partial charge is 0.340 e. The van der Waals surface area contributed by atoms with Crippen LogP contribution in [0.15, 0.2) is 24.3 Å². The van der Waals surface area contributed by atoms with Gasteiger partial charge < -0.3 is 15.3 Å². The number of hydrogen-bond acceptors (Lipinski definition) is 3. The van der Waals surface area contributed by atoms with E-state index in [2.05, 4.69) is 0 Å². The van der Waals surface area contributed by atoms with Crippen LogP contribution in [0.25, 0.3) is 0 Å². The lowest BCUT2D eigenvalue weighted by molar-refractivity contribution is -0.323. The van der Waals surface area contributed by atoms with Gasteiger partial charge >= 0.3 is 12.1 Å². The summed E-state index contributed by atoms with van der Waals surface area (Å²) >= 11 is 0. The van der Waals surface area contributed by atoms with E-state index in [0.717, 1.165) is 12.1 Å². The Morgan fingerprint density at radius 2 is 1.14 bits per heavy atom. The van der Waals surface area contributed by atoms with Gasteiger partial charge in [0.1, 0.15) is 0 Å². The lowest BCUT2D eigenvalue weighted by Crippen LogP contribution is -2.23. The van der Waals surface area contributed by atoms with Crippen LogP contribution in [0.4, 0.5) is 13.2 Å². The molecule has 0 spiro atoms. The average molecular weight is 208 g/mol. The minimum atomic E-state index is -4.48. The minimum Gasteiger partial charge on any atom is -0.340 e. The van der Waals surface area contributed by atoms with Gasteiger partial charge in [0.2, 0.25) is 0 Å². The third kappa shape index (κ3) is 2.44. The molecule has 3 nitrogen and oxygen atoms in total. The van der Waals surface area contributed by atoms with Crippen LogP contribution in [0.5, 0.6) is 0 Å². The van der Waals surface area contributed by atoms with Crippen LogP contribution in [0.3, 0.4) is 0 Å². The molecular formula is C8H7F3O3. The van der Waals surface area contributed by atoms with Crippen molar-refractivity contribution in [3.63, 3.8) is 0 Å². The Hall–Kier alpha value is -1.11. The van der Waals surface area contributed by atoms with E-state index < -0.39 is 23.3 Å². The van der Waals surface area contributed by atoms with Gasteiger partial charge in [-0.1, -0.05) is 12.1 Å². The summed E-state index contributed by atoms with van der Waals surface area (Å²) in [6.07, 6.45) is -4.48. The van der Waals surface area contributed by atoms with E-state index in [1.54, 1.807) is 0 Å². The quantitative estimate of drug-likeness (QED) is 0.598. The molecule has 14 heavy (non-hydrogen) atoms. The van der Waals surface area contributed by atoms with Gasteiger partial charge in [0.25, 0.3) is 0 Å². The van der Waals surface area contributed by atoms with Gasteiger partial charge in [0.15, 0.2) is 0 Å². The fourth-order valence-electron chi connectivity index (χ4n) is 0.883. The van der Waals surface area contributed by atoms with Crippen LogP contribution in [0, 0.1) is 0 Å². The van der Waals surface area contributed by atoms with E-state index in [4.69, 9.17) is 15.3 Å². The zero-order valence-corrected chi connectivity index (χ0v) is 6.78. The van der Waals surface area contributed by atoms with E-state index in [1.807, 2.05) is 0 Å². The molecule has 1 aromatic carbocycles. The van der Waals surface area contributed by atoms with Crippen LogP contribution in [0.2, 0.25) is 0 Å². The maximum absolute atomic E-state index is 12.0. The molecule has 3 N–H and O–H groups in total. The Kier molecular flexibility index (Phi) is 2.53. The topological polar surface area (TPSA) is 60.7 Å². The molecule has 0 saturated heterocycles. The highest BCUT2D eigenvalue weighted by atomic mass is 19.4. The van der Waals surface area contributed by atoms with Gasteiger partial charge in [-0.15, -0.1) is 0 Å². The molecule has 0 unspecified atom stereocenters. The fraction of sp³-hybridized carbons (Fsp3) is 0.250. The first-order valence-corrected chi connectivity index (χ1v) is 3.56. The molecule has 0 fully saturated rings. The third-order valence-corrected chi connectivity index (χ3v) is 1.60. The summed E-state index contributed by atoms with van der Waals surface area (Å²) in [5, 5.41) is 25.8. The van der Waals surface area contributed by atoms with Crippen molar-refractivity contribution in [2.75, 3.05) is 0 Å². The van der Waals surface area contributed by atoms with Crippen molar-refractivity contribution in [2.24, 2.45) is 0 Å². The normalized spacial score (nSPS) is 13.0. The zero-order chi connectivity index (χ0) is 11.0. The second kappa shape index (κ2) is 3.23. The molecule has 0 atom stereocenters. The number of hydrogen-bond donors (Lipinski definition) is 3. The number of rotatable bonds is 1. The summed E-state index contributed by atoms with van der Waals surface area (Å²) in [4.78, 5) is 0. The maximum Gasteiger partial charge on any atom is 0.416 e. The van der Waals surface area contributed by atoms with E-state index in [9.17, 15) is 13.2 Å². The summed E-state index contributed by atoms with van der Waals surface area (Å²) in [6.45, 7) is 0. The number of aliphatic hydroxyl groups is 3. The van der Waals surface area contributed by atoms with Crippen LogP contribution in [-0.4, -0.2) is 15.3 Å². The van der Waals surface area contributed by atoms with Crippen LogP contribution < -0.4 is 0 Å². The van der Waals surface area contributed by atoms with Crippen molar-refractivity contribution >= 4 is 0 Å². The molecular weight excluding hydrogens is 201 g/mol. The summed E-state index contributed by atoms with van der Waals surface area (Å²) in [6, 6.07) is 2.85. The van der Waals surface area contributed by atoms with Crippen molar-refractivity contribution in [2.45, 2.75) is 12.1 Å². The molecule has 0 aliphatic rings. The monoisotopic (exact) mass is 208 g/mol. The minimum absolute atomic E-state index is 0.425. The number of benzene rings is 1. The standard InChI is InChI=1S/C8H7F3O3/c9-7(10,11)5-1-3-6(4-2-5)8(12,13)14/h1-4,12-14H. The molecule has 1 aromatic rings. The second-order valence-corrected chi connectivity index (χ2v) is 2.71. The van der Waals surface area contributed by atoms with E-state index in [1.165, 1.54) is 0 Å². The van der Waals surface area contributed by atoms with Gasteiger partial charge in [-0.3, -0.25) is 0 Å². The Morgan fingerprint density at radius 3 is 1.43 bits per heavy atom. The maximum atomic E-state index is 12.0. The highest BCUT2D eigenvalue weighted by Crippen LogP contribution is 2.29. The fourth-order valence-corrected chi connectivity index (χ4v) is 0.883. The molecule has 0 aliphatic heterocycles. The van der Waals surface area contributed by atoms with Crippen molar-refractivity contribution < 1.29 is 28.5 Å². The SMILES string of the molecule is OC(O)(O)c1ccc(C(F)(F)F)cc1. The van der Waals surface area contributed by atoms with Gasteiger partial charge in [-0.25, -0.2) is 0 Å². The molecule has 0 saturated carbocycles. The molecule has 0 aliphatic carbocycles. The van der Waals surface area contributed by atoms with Crippen molar-refractivity contribution in [3.8, 4) is 0 Å². The second-order valence-electron chi connectivity index (χ2n) is 2.71. The Bertz CT molecular complexity index is 277. The third-order valence-electron chi connectivity index (χ3n) is 1.60. The zero-order valence-electron chi connectivity index (χ0n) is 6.78. The van der Waals surface area contributed by atoms with Crippen LogP contribution >= 0.6 is 0 Å². The summed E-state index contributed by atoms with van der Waals surface area (Å²) in [5.74, 6) is -3.11.